The standard InChI is InChI=1S/C20H19N5O/c1-24-13-18(17-7-2-3-8-19(17)24)23-20(26)22-16-6-4-5-15(11-16)12-25-10-9-21-14-25/h2-11,13-14H,12H2,1H3,(H2,22,23,26). The minimum Gasteiger partial charge on any atom is -0.348 e. The van der Waals surface area contributed by atoms with E-state index in [9.17, 15) is 4.79 Å². The van der Waals surface area contributed by atoms with Crippen molar-refractivity contribution in [2.24, 2.45) is 7.05 Å². The lowest BCUT2D eigenvalue weighted by Gasteiger charge is -2.09. The highest BCUT2D eigenvalue weighted by molar-refractivity contribution is 6.06. The van der Waals surface area contributed by atoms with Crippen molar-refractivity contribution in [2.75, 3.05) is 10.6 Å². The Balaban J connectivity index is 1.48. The molecule has 2 aromatic heterocycles. The highest BCUT2D eigenvalue weighted by Crippen LogP contribution is 2.25. The Morgan fingerprint density at radius 1 is 1.12 bits per heavy atom. The minimum atomic E-state index is -0.263. The van der Waals surface area contributed by atoms with Crippen molar-refractivity contribution in [3.05, 3.63) is 79.0 Å². The van der Waals surface area contributed by atoms with E-state index in [-0.39, 0.29) is 6.03 Å². The fourth-order valence-corrected chi connectivity index (χ4v) is 3.06. The van der Waals surface area contributed by atoms with Gasteiger partial charge in [0.15, 0.2) is 0 Å². The van der Waals surface area contributed by atoms with Crippen LogP contribution in [0.1, 0.15) is 5.56 Å². The maximum atomic E-state index is 12.4. The van der Waals surface area contributed by atoms with Crippen molar-refractivity contribution in [1.29, 1.82) is 0 Å². The number of anilines is 2. The largest absolute Gasteiger partial charge is 0.348 e. The zero-order chi connectivity index (χ0) is 17.9. The predicted octanol–water partition coefficient (Wildman–Crippen LogP) is 4.07. The molecule has 2 aromatic carbocycles. The van der Waals surface area contributed by atoms with Crippen LogP contribution < -0.4 is 10.6 Å². The lowest BCUT2D eigenvalue weighted by molar-refractivity contribution is 0.262. The average Bonchev–Trinajstić information content (AvgIpc) is 3.24. The third-order valence-electron chi connectivity index (χ3n) is 4.25. The van der Waals surface area contributed by atoms with Crippen molar-refractivity contribution in [3.63, 3.8) is 0 Å². The summed E-state index contributed by atoms with van der Waals surface area (Å²) in [6, 6.07) is 15.5. The Kier molecular flexibility index (Phi) is 4.15. The number of aryl methyl sites for hydroxylation is 1. The molecule has 0 bridgehead atoms. The fraction of sp³-hybridized carbons (Fsp3) is 0.100. The van der Waals surface area contributed by atoms with Gasteiger partial charge in [-0.2, -0.15) is 0 Å². The van der Waals surface area contributed by atoms with Gasteiger partial charge in [0.25, 0.3) is 0 Å². The van der Waals surface area contributed by atoms with Crippen LogP contribution in [0, 0.1) is 0 Å². The van der Waals surface area contributed by atoms with Crippen LogP contribution >= 0.6 is 0 Å². The summed E-state index contributed by atoms with van der Waals surface area (Å²) in [6.07, 6.45) is 7.35. The van der Waals surface area contributed by atoms with Gasteiger partial charge in [-0.1, -0.05) is 30.3 Å². The predicted molar refractivity (Wildman–Crippen MR) is 103 cm³/mol. The van der Waals surface area contributed by atoms with Gasteiger partial charge in [-0.15, -0.1) is 0 Å². The molecular weight excluding hydrogens is 326 g/mol. The number of nitrogens with one attached hydrogen (secondary N) is 2. The topological polar surface area (TPSA) is 63.9 Å². The van der Waals surface area contributed by atoms with E-state index in [0.717, 1.165) is 27.8 Å². The van der Waals surface area contributed by atoms with E-state index in [2.05, 4.69) is 15.6 Å². The highest BCUT2D eigenvalue weighted by atomic mass is 16.2. The Morgan fingerprint density at radius 2 is 2.00 bits per heavy atom. The fourth-order valence-electron chi connectivity index (χ4n) is 3.06. The first-order valence-corrected chi connectivity index (χ1v) is 8.36. The lowest BCUT2D eigenvalue weighted by atomic mass is 10.2. The van der Waals surface area contributed by atoms with Gasteiger partial charge in [0.1, 0.15) is 0 Å². The molecule has 0 saturated heterocycles. The van der Waals surface area contributed by atoms with Gasteiger partial charge in [-0.25, -0.2) is 9.78 Å². The van der Waals surface area contributed by atoms with E-state index in [4.69, 9.17) is 0 Å². The van der Waals surface area contributed by atoms with Crippen LogP contribution in [-0.2, 0) is 13.6 Å². The number of hydrogen-bond acceptors (Lipinski definition) is 2. The first kappa shape index (κ1) is 16.0. The smallest absolute Gasteiger partial charge is 0.323 e. The molecule has 4 aromatic rings. The summed E-state index contributed by atoms with van der Waals surface area (Å²) in [6.45, 7) is 0.709. The van der Waals surface area contributed by atoms with Crippen LogP contribution in [0.15, 0.2) is 73.4 Å². The summed E-state index contributed by atoms with van der Waals surface area (Å²) < 4.78 is 3.98. The number of benzene rings is 2. The Morgan fingerprint density at radius 3 is 2.85 bits per heavy atom. The molecule has 2 heterocycles. The molecule has 4 rings (SSSR count). The van der Waals surface area contributed by atoms with Crippen molar-refractivity contribution in [3.8, 4) is 0 Å². The minimum absolute atomic E-state index is 0.263. The molecule has 0 aliphatic rings. The summed E-state index contributed by atoms with van der Waals surface area (Å²) >= 11 is 0. The summed E-state index contributed by atoms with van der Waals surface area (Å²) in [5.74, 6) is 0. The third kappa shape index (κ3) is 3.30. The Hall–Kier alpha value is -3.54. The second kappa shape index (κ2) is 6.76. The number of urea groups is 1. The van der Waals surface area contributed by atoms with E-state index >= 15 is 0 Å². The van der Waals surface area contributed by atoms with Crippen molar-refractivity contribution >= 4 is 28.3 Å². The molecule has 2 N–H and O–H groups in total. The van der Waals surface area contributed by atoms with Gasteiger partial charge < -0.3 is 19.8 Å². The number of nitrogens with zero attached hydrogens (tertiary/aromatic N) is 3. The molecule has 6 heteroatoms. The Bertz CT molecular complexity index is 1050. The molecule has 0 atom stereocenters. The third-order valence-corrected chi connectivity index (χ3v) is 4.25. The highest BCUT2D eigenvalue weighted by Gasteiger charge is 2.09. The maximum Gasteiger partial charge on any atom is 0.323 e. The van der Waals surface area contributed by atoms with Crippen LogP contribution in [0.4, 0.5) is 16.2 Å². The van der Waals surface area contributed by atoms with E-state index in [1.807, 2.05) is 77.1 Å². The van der Waals surface area contributed by atoms with Gasteiger partial charge in [-0.05, 0) is 23.8 Å². The zero-order valence-electron chi connectivity index (χ0n) is 14.4. The van der Waals surface area contributed by atoms with E-state index in [1.54, 1.807) is 12.5 Å². The van der Waals surface area contributed by atoms with E-state index in [1.165, 1.54) is 0 Å². The number of rotatable bonds is 4. The van der Waals surface area contributed by atoms with E-state index < -0.39 is 0 Å². The molecule has 0 saturated carbocycles. The van der Waals surface area contributed by atoms with Crippen molar-refractivity contribution < 1.29 is 4.79 Å². The van der Waals surface area contributed by atoms with Crippen LogP contribution in [-0.4, -0.2) is 20.1 Å². The van der Waals surface area contributed by atoms with Crippen molar-refractivity contribution in [1.82, 2.24) is 14.1 Å². The maximum absolute atomic E-state index is 12.4. The molecule has 0 aliphatic heterocycles. The van der Waals surface area contributed by atoms with Gasteiger partial charge in [0.05, 0.1) is 12.0 Å². The van der Waals surface area contributed by atoms with Gasteiger partial charge in [0.2, 0.25) is 0 Å². The second-order valence-electron chi connectivity index (χ2n) is 6.19. The van der Waals surface area contributed by atoms with Crippen LogP contribution in [0.5, 0.6) is 0 Å². The lowest BCUT2D eigenvalue weighted by Crippen LogP contribution is -2.19. The normalized spacial score (nSPS) is 10.8. The molecule has 6 nitrogen and oxygen atoms in total. The number of carbonyl (C=O) groups is 1. The van der Waals surface area contributed by atoms with Gasteiger partial charge >= 0.3 is 6.03 Å². The van der Waals surface area contributed by atoms with E-state index in [0.29, 0.717) is 6.54 Å². The summed E-state index contributed by atoms with van der Waals surface area (Å²) in [5.41, 5.74) is 3.70. The molecular formula is C20H19N5O. The summed E-state index contributed by atoms with van der Waals surface area (Å²) in [5, 5.41) is 6.85. The van der Waals surface area contributed by atoms with Gasteiger partial charge in [0, 0.05) is 48.8 Å². The molecule has 0 radical (unpaired) electrons. The number of fused-ring (bicyclic) bond motifs is 1. The first-order chi connectivity index (χ1) is 12.7. The summed E-state index contributed by atoms with van der Waals surface area (Å²) in [4.78, 5) is 16.5. The molecule has 0 aliphatic carbocycles. The molecule has 0 spiro atoms. The molecule has 0 fully saturated rings. The number of hydrogen-bond donors (Lipinski definition) is 2. The quantitative estimate of drug-likeness (QED) is 0.586. The summed E-state index contributed by atoms with van der Waals surface area (Å²) in [7, 11) is 1.96. The van der Waals surface area contributed by atoms with Crippen molar-refractivity contribution in [2.45, 2.75) is 6.54 Å². The van der Waals surface area contributed by atoms with Crippen LogP contribution in [0.3, 0.4) is 0 Å². The second-order valence-corrected chi connectivity index (χ2v) is 6.19. The average molecular weight is 345 g/mol. The van der Waals surface area contributed by atoms with Crippen LogP contribution in [0.25, 0.3) is 10.9 Å². The molecule has 0 unspecified atom stereocenters. The Labute approximate surface area is 151 Å². The number of imidazole rings is 1. The number of carbonyl (C=O) groups excluding carboxylic acids is 1. The number of amides is 2. The van der Waals surface area contributed by atoms with Crippen LogP contribution in [0.2, 0.25) is 0 Å². The van der Waals surface area contributed by atoms with Gasteiger partial charge in [-0.3, -0.25) is 0 Å². The monoisotopic (exact) mass is 345 g/mol. The first-order valence-electron chi connectivity index (χ1n) is 8.36. The number of para-hydroxylation sites is 1. The zero-order valence-corrected chi connectivity index (χ0v) is 14.4. The SMILES string of the molecule is Cn1cc(NC(=O)Nc2cccc(Cn3ccnc3)c2)c2ccccc21. The number of aromatic nitrogens is 3. The molecule has 26 heavy (non-hydrogen) atoms. The molecule has 2 amide bonds. The molecule has 130 valence electrons.